The van der Waals surface area contributed by atoms with Crippen LogP contribution in [0.4, 0.5) is 0 Å². The second-order valence-electron chi connectivity index (χ2n) is 11.5. The van der Waals surface area contributed by atoms with Crippen LogP contribution >= 0.6 is 0 Å². The zero-order chi connectivity index (χ0) is 27.8. The fraction of sp³-hybridized carbons (Fsp3) is 0.531. The van der Waals surface area contributed by atoms with Gasteiger partial charge in [-0.3, -0.25) is 14.6 Å². The number of benzene rings is 1. The van der Waals surface area contributed by atoms with Crippen LogP contribution < -0.4 is 0 Å². The fourth-order valence-electron chi connectivity index (χ4n) is 5.45. The summed E-state index contributed by atoms with van der Waals surface area (Å²) in [5.41, 5.74) is 5.59. The lowest BCUT2D eigenvalue weighted by Crippen LogP contribution is -2.32. The van der Waals surface area contributed by atoms with Crippen molar-refractivity contribution < 1.29 is 14.3 Å². The van der Waals surface area contributed by atoms with Crippen molar-refractivity contribution in [2.24, 2.45) is 5.41 Å². The number of aromatic nitrogens is 1. The van der Waals surface area contributed by atoms with Gasteiger partial charge in [0.05, 0.1) is 0 Å². The number of carbonyl (C=O) groups excluding carboxylic acids is 2. The molecule has 206 valence electrons. The molecule has 38 heavy (non-hydrogen) atoms. The van der Waals surface area contributed by atoms with Crippen LogP contribution in [0.5, 0.6) is 0 Å². The van der Waals surface area contributed by atoms with E-state index in [1.165, 1.54) is 55.5 Å². The first-order valence-electron chi connectivity index (χ1n) is 14.0. The number of fused-ring (bicyclic) bond motifs is 1. The molecule has 1 aliphatic carbocycles. The average Bonchev–Trinajstić information content (AvgIpc) is 2.88. The van der Waals surface area contributed by atoms with Gasteiger partial charge in [-0.05, 0) is 115 Å². The minimum absolute atomic E-state index is 0.00943. The summed E-state index contributed by atoms with van der Waals surface area (Å²) < 4.78 is 4.55. The molecule has 0 radical (unpaired) electrons. The van der Waals surface area contributed by atoms with Crippen LogP contribution in [-0.2, 0) is 16.0 Å². The summed E-state index contributed by atoms with van der Waals surface area (Å²) in [6.45, 7) is 13.7. The largest absolute Gasteiger partial charge is 0.462 e. The SMILES string of the molecule is CC(C)(C)OC=O.CCN(CC)C(=O)c1ccc(C2=CC3(CCCN(C)CCC3)Cc3ccccc32)cn1. The maximum atomic E-state index is 12.7. The standard InChI is InChI=1S/C27H35N3O.C5H10O2/c1-4-30(5-2)26(31)25-13-12-22(20-28-25)24-19-27(14-8-16-29(3)17-9-15-27)18-21-10-6-7-11-23(21)24;1-5(2,3)7-4-6/h6-7,10-13,19-20H,4-5,8-9,14-18H2,1-3H3;4H,1-3H3. The van der Waals surface area contributed by atoms with Gasteiger partial charge in [-0.2, -0.15) is 0 Å². The number of hydrogen-bond donors (Lipinski definition) is 0. The smallest absolute Gasteiger partial charge is 0.293 e. The van der Waals surface area contributed by atoms with Crippen LogP contribution in [0.3, 0.4) is 0 Å². The maximum absolute atomic E-state index is 12.7. The third kappa shape index (κ3) is 7.76. The van der Waals surface area contributed by atoms with Crippen LogP contribution in [0.15, 0.2) is 48.7 Å². The summed E-state index contributed by atoms with van der Waals surface area (Å²) in [4.78, 5) is 31.1. The Morgan fingerprint density at radius 3 is 2.26 bits per heavy atom. The number of allylic oxidation sites excluding steroid dienone is 1. The Kier molecular flexibility index (Phi) is 10.3. The Balaban J connectivity index is 0.000000505. The van der Waals surface area contributed by atoms with Crippen molar-refractivity contribution in [3.8, 4) is 0 Å². The predicted octanol–water partition coefficient (Wildman–Crippen LogP) is 6.00. The summed E-state index contributed by atoms with van der Waals surface area (Å²) >= 11 is 0. The second-order valence-corrected chi connectivity index (χ2v) is 11.5. The lowest BCUT2D eigenvalue weighted by atomic mass is 9.67. The lowest BCUT2D eigenvalue weighted by molar-refractivity contribution is -0.138. The molecule has 6 heteroatoms. The van der Waals surface area contributed by atoms with Gasteiger partial charge in [-0.1, -0.05) is 36.4 Å². The molecular formula is C32H45N3O3. The van der Waals surface area contributed by atoms with E-state index in [0.717, 1.165) is 12.0 Å². The van der Waals surface area contributed by atoms with E-state index in [4.69, 9.17) is 0 Å². The quantitative estimate of drug-likeness (QED) is 0.453. The molecule has 6 nitrogen and oxygen atoms in total. The van der Waals surface area contributed by atoms with E-state index in [2.05, 4.69) is 58.1 Å². The minimum atomic E-state index is -0.318. The van der Waals surface area contributed by atoms with E-state index < -0.39 is 0 Å². The first-order chi connectivity index (χ1) is 18.1. The van der Waals surface area contributed by atoms with Crippen molar-refractivity contribution in [1.82, 2.24) is 14.8 Å². The Labute approximate surface area is 229 Å². The Morgan fingerprint density at radius 2 is 1.74 bits per heavy atom. The number of pyridine rings is 1. The van der Waals surface area contributed by atoms with E-state index in [1.54, 1.807) is 0 Å². The van der Waals surface area contributed by atoms with Gasteiger partial charge in [0.15, 0.2) is 0 Å². The zero-order valence-electron chi connectivity index (χ0n) is 24.1. The molecule has 1 aliphatic heterocycles. The fourth-order valence-corrected chi connectivity index (χ4v) is 5.45. The molecule has 1 aromatic carbocycles. The van der Waals surface area contributed by atoms with Crippen LogP contribution in [0.1, 0.15) is 87.5 Å². The molecule has 2 aromatic rings. The normalized spacial score (nSPS) is 17.2. The van der Waals surface area contributed by atoms with Crippen molar-refractivity contribution in [3.63, 3.8) is 0 Å². The third-order valence-electron chi connectivity index (χ3n) is 7.48. The molecule has 1 aromatic heterocycles. The summed E-state index contributed by atoms with van der Waals surface area (Å²) in [5.74, 6) is 0.00943. The lowest BCUT2D eigenvalue weighted by Gasteiger charge is -2.39. The molecule has 0 bridgehead atoms. The molecule has 1 amide bonds. The Bertz CT molecular complexity index is 1090. The number of nitrogens with zero attached hydrogens (tertiary/aromatic N) is 3. The molecule has 4 rings (SSSR count). The molecule has 1 spiro atoms. The van der Waals surface area contributed by atoms with Gasteiger partial charge in [0.25, 0.3) is 12.4 Å². The molecule has 1 fully saturated rings. The highest BCUT2D eigenvalue weighted by Gasteiger charge is 2.34. The average molecular weight is 520 g/mol. The highest BCUT2D eigenvalue weighted by Crippen LogP contribution is 2.45. The summed E-state index contributed by atoms with van der Waals surface area (Å²) in [6.07, 6.45) is 10.5. The van der Waals surface area contributed by atoms with Crippen LogP contribution in [-0.4, -0.2) is 66.0 Å². The Morgan fingerprint density at radius 1 is 1.08 bits per heavy atom. The predicted molar refractivity (Wildman–Crippen MR) is 154 cm³/mol. The maximum Gasteiger partial charge on any atom is 0.293 e. The molecule has 2 aliphatic rings. The van der Waals surface area contributed by atoms with E-state index in [9.17, 15) is 9.59 Å². The van der Waals surface area contributed by atoms with Crippen molar-refractivity contribution in [2.75, 3.05) is 33.2 Å². The summed E-state index contributed by atoms with van der Waals surface area (Å²) in [5, 5.41) is 0. The summed E-state index contributed by atoms with van der Waals surface area (Å²) in [7, 11) is 2.24. The highest BCUT2D eigenvalue weighted by molar-refractivity contribution is 5.93. The van der Waals surface area contributed by atoms with Crippen molar-refractivity contribution in [2.45, 2.75) is 72.3 Å². The van der Waals surface area contributed by atoms with E-state index in [1.807, 2.05) is 51.8 Å². The first-order valence-corrected chi connectivity index (χ1v) is 14.0. The number of ether oxygens (including phenoxy) is 1. The number of hydrogen-bond acceptors (Lipinski definition) is 5. The molecule has 0 unspecified atom stereocenters. The third-order valence-corrected chi connectivity index (χ3v) is 7.48. The van der Waals surface area contributed by atoms with Gasteiger partial charge >= 0.3 is 0 Å². The molecule has 1 saturated heterocycles. The van der Waals surface area contributed by atoms with Crippen LogP contribution in [0, 0.1) is 5.41 Å². The van der Waals surface area contributed by atoms with Gasteiger partial charge in [0, 0.05) is 24.8 Å². The summed E-state index contributed by atoms with van der Waals surface area (Å²) in [6, 6.07) is 12.8. The Hall–Kier alpha value is -2.99. The van der Waals surface area contributed by atoms with Gasteiger partial charge in [0.2, 0.25) is 0 Å². The van der Waals surface area contributed by atoms with Gasteiger partial charge < -0.3 is 14.5 Å². The van der Waals surface area contributed by atoms with E-state index >= 15 is 0 Å². The first kappa shape index (κ1) is 29.6. The number of carbonyl (C=O) groups is 2. The minimum Gasteiger partial charge on any atom is -0.462 e. The van der Waals surface area contributed by atoms with Crippen molar-refractivity contribution >= 4 is 18.0 Å². The van der Waals surface area contributed by atoms with E-state index in [-0.39, 0.29) is 16.9 Å². The van der Waals surface area contributed by atoms with Crippen molar-refractivity contribution in [1.29, 1.82) is 0 Å². The number of likely N-dealkylation sites (tertiary alicyclic amines) is 1. The molecular weight excluding hydrogens is 474 g/mol. The topological polar surface area (TPSA) is 62.7 Å². The van der Waals surface area contributed by atoms with Gasteiger partial charge in [-0.25, -0.2) is 0 Å². The molecule has 0 saturated carbocycles. The second kappa shape index (κ2) is 13.2. The molecule has 2 heterocycles. The van der Waals surface area contributed by atoms with E-state index in [0.29, 0.717) is 25.3 Å². The van der Waals surface area contributed by atoms with Crippen LogP contribution in [0.25, 0.3) is 5.57 Å². The van der Waals surface area contributed by atoms with Gasteiger partial charge in [-0.15, -0.1) is 0 Å². The van der Waals surface area contributed by atoms with Gasteiger partial charge in [0.1, 0.15) is 11.3 Å². The zero-order valence-corrected chi connectivity index (χ0v) is 24.1. The number of rotatable bonds is 5. The number of amides is 1. The van der Waals surface area contributed by atoms with Crippen LogP contribution in [0.2, 0.25) is 0 Å². The highest BCUT2D eigenvalue weighted by atomic mass is 16.5. The monoisotopic (exact) mass is 519 g/mol. The van der Waals surface area contributed by atoms with Crippen molar-refractivity contribution in [3.05, 3.63) is 71.1 Å². The molecule has 0 atom stereocenters. The molecule has 0 N–H and O–H groups in total.